The zero-order chi connectivity index (χ0) is 13.6. The summed E-state index contributed by atoms with van der Waals surface area (Å²) in [6.07, 6.45) is 1.06. The van der Waals surface area contributed by atoms with E-state index in [0.29, 0.717) is 0 Å². The van der Waals surface area contributed by atoms with Gasteiger partial charge in [0.25, 0.3) is 0 Å². The molecule has 1 aliphatic rings. The summed E-state index contributed by atoms with van der Waals surface area (Å²) in [5, 5.41) is 2.60. The van der Waals surface area contributed by atoms with Crippen LogP contribution >= 0.6 is 0 Å². The molecular formula is C20H16. The van der Waals surface area contributed by atoms with E-state index in [1.165, 1.54) is 27.5 Å². The molecule has 0 radical (unpaired) electrons. The number of hydrogen-bond acceptors (Lipinski definition) is 0. The quantitative estimate of drug-likeness (QED) is 0.560. The molecule has 4 rings (SSSR count). The Morgan fingerprint density at radius 2 is 1.35 bits per heavy atom. The van der Waals surface area contributed by atoms with E-state index in [1.807, 2.05) is 0 Å². The fourth-order valence-electron chi connectivity index (χ4n) is 3.23. The maximum absolute atomic E-state index is 4.25. The molecule has 0 N–H and O–H groups in total. The molecule has 96 valence electrons. The molecule has 0 unspecified atom stereocenters. The molecule has 0 heteroatoms. The van der Waals surface area contributed by atoms with E-state index in [0.717, 1.165) is 6.42 Å². The molecule has 1 fully saturated rings. The summed E-state index contributed by atoms with van der Waals surface area (Å²) in [4.78, 5) is 0. The van der Waals surface area contributed by atoms with Crippen molar-refractivity contribution < 1.29 is 0 Å². The largest absolute Gasteiger partial charge is 0.0986 e. The second-order valence-corrected chi connectivity index (χ2v) is 5.61. The van der Waals surface area contributed by atoms with Crippen molar-refractivity contribution in [3.63, 3.8) is 0 Å². The van der Waals surface area contributed by atoms with Crippen LogP contribution in [0.2, 0.25) is 0 Å². The smallest absolute Gasteiger partial charge is 0.0446 e. The second-order valence-electron chi connectivity index (χ2n) is 5.61. The van der Waals surface area contributed by atoms with Crippen LogP contribution in [0.15, 0.2) is 84.9 Å². The van der Waals surface area contributed by atoms with Crippen molar-refractivity contribution in [2.45, 2.75) is 11.8 Å². The van der Waals surface area contributed by atoms with E-state index in [-0.39, 0.29) is 5.41 Å². The van der Waals surface area contributed by atoms with Crippen LogP contribution in [-0.2, 0) is 5.41 Å². The predicted octanol–water partition coefficient (Wildman–Crippen LogP) is 5.09. The van der Waals surface area contributed by atoms with Gasteiger partial charge in [-0.3, -0.25) is 0 Å². The molecule has 0 nitrogen and oxygen atoms in total. The van der Waals surface area contributed by atoms with Gasteiger partial charge in [0.1, 0.15) is 0 Å². The van der Waals surface area contributed by atoms with Crippen LogP contribution in [0.25, 0.3) is 10.8 Å². The fraction of sp³-hybridized carbons (Fsp3) is 0.100. The van der Waals surface area contributed by atoms with Crippen LogP contribution in [0.5, 0.6) is 0 Å². The zero-order valence-corrected chi connectivity index (χ0v) is 11.3. The lowest BCUT2D eigenvalue weighted by atomic mass is 9.86. The van der Waals surface area contributed by atoms with Crippen LogP contribution in [0.1, 0.15) is 17.5 Å². The van der Waals surface area contributed by atoms with E-state index in [9.17, 15) is 0 Å². The van der Waals surface area contributed by atoms with E-state index < -0.39 is 0 Å². The number of hydrogen-bond donors (Lipinski definition) is 0. The first-order chi connectivity index (χ1) is 9.80. The maximum Gasteiger partial charge on any atom is 0.0446 e. The minimum atomic E-state index is 0.0469. The lowest BCUT2D eigenvalue weighted by Crippen LogP contribution is -2.08. The molecule has 0 amide bonds. The van der Waals surface area contributed by atoms with Gasteiger partial charge >= 0.3 is 0 Å². The number of allylic oxidation sites excluding steroid dienone is 1. The van der Waals surface area contributed by atoms with Crippen molar-refractivity contribution >= 4 is 10.8 Å². The fourth-order valence-corrected chi connectivity index (χ4v) is 3.23. The highest BCUT2D eigenvalue weighted by Crippen LogP contribution is 2.57. The molecular weight excluding hydrogens is 240 g/mol. The van der Waals surface area contributed by atoms with E-state index in [4.69, 9.17) is 0 Å². The Kier molecular flexibility index (Phi) is 2.34. The molecule has 0 bridgehead atoms. The number of benzene rings is 3. The minimum absolute atomic E-state index is 0.0469. The molecule has 1 saturated carbocycles. The molecule has 0 heterocycles. The molecule has 1 aliphatic carbocycles. The lowest BCUT2D eigenvalue weighted by Gasteiger charge is -2.17. The second kappa shape index (κ2) is 4.08. The van der Waals surface area contributed by atoms with Gasteiger partial charge in [-0.05, 0) is 34.4 Å². The highest BCUT2D eigenvalue weighted by molar-refractivity contribution is 5.84. The Bertz CT molecular complexity index is 798. The summed E-state index contributed by atoms with van der Waals surface area (Å²) < 4.78 is 0. The highest BCUT2D eigenvalue weighted by atomic mass is 14.5. The van der Waals surface area contributed by atoms with E-state index in [1.54, 1.807) is 0 Å². The Balaban J connectivity index is 1.91. The first-order valence-electron chi connectivity index (χ1n) is 7.04. The van der Waals surface area contributed by atoms with Gasteiger partial charge in [-0.1, -0.05) is 78.9 Å². The normalized spacial score (nSPS) is 21.1. The minimum Gasteiger partial charge on any atom is -0.0986 e. The summed E-state index contributed by atoms with van der Waals surface area (Å²) in [7, 11) is 0. The maximum atomic E-state index is 4.25. The third-order valence-corrected chi connectivity index (χ3v) is 4.47. The van der Waals surface area contributed by atoms with Gasteiger partial charge in [-0.15, -0.1) is 0 Å². The third-order valence-electron chi connectivity index (χ3n) is 4.47. The van der Waals surface area contributed by atoms with Crippen molar-refractivity contribution in [2.75, 3.05) is 0 Å². The highest BCUT2D eigenvalue weighted by Gasteiger charge is 2.50. The number of rotatable bonds is 2. The molecule has 0 aromatic heterocycles. The summed E-state index contributed by atoms with van der Waals surface area (Å²) >= 11 is 0. The van der Waals surface area contributed by atoms with Crippen LogP contribution in [0.4, 0.5) is 0 Å². The zero-order valence-electron chi connectivity index (χ0n) is 11.3. The van der Waals surface area contributed by atoms with Gasteiger partial charge in [0, 0.05) is 5.41 Å². The van der Waals surface area contributed by atoms with Crippen LogP contribution in [0.3, 0.4) is 0 Å². The summed E-state index contributed by atoms with van der Waals surface area (Å²) in [5.41, 5.74) is 4.09. The van der Waals surface area contributed by atoms with E-state index >= 15 is 0 Å². The van der Waals surface area contributed by atoms with Gasteiger partial charge in [0.2, 0.25) is 0 Å². The van der Waals surface area contributed by atoms with Gasteiger partial charge in [-0.25, -0.2) is 0 Å². The van der Waals surface area contributed by atoms with Gasteiger partial charge in [0.15, 0.2) is 0 Å². The van der Waals surface area contributed by atoms with Gasteiger partial charge < -0.3 is 0 Å². The van der Waals surface area contributed by atoms with Crippen molar-refractivity contribution in [3.8, 4) is 0 Å². The Morgan fingerprint density at radius 1 is 0.700 bits per heavy atom. The monoisotopic (exact) mass is 256 g/mol. The van der Waals surface area contributed by atoms with Crippen molar-refractivity contribution in [2.24, 2.45) is 0 Å². The summed E-state index contributed by atoms with van der Waals surface area (Å²) in [6.45, 7) is 4.25. The Morgan fingerprint density at radius 3 is 2.05 bits per heavy atom. The topological polar surface area (TPSA) is 0 Å². The van der Waals surface area contributed by atoms with Crippen LogP contribution in [-0.4, -0.2) is 0 Å². The Labute approximate surface area is 119 Å². The average molecular weight is 256 g/mol. The van der Waals surface area contributed by atoms with Crippen LogP contribution in [0, 0.1) is 0 Å². The van der Waals surface area contributed by atoms with Gasteiger partial charge in [-0.2, -0.15) is 0 Å². The first kappa shape index (κ1) is 11.5. The third kappa shape index (κ3) is 1.55. The van der Waals surface area contributed by atoms with Crippen molar-refractivity contribution in [1.82, 2.24) is 0 Å². The molecule has 1 atom stereocenters. The van der Waals surface area contributed by atoms with Crippen molar-refractivity contribution in [1.29, 1.82) is 0 Å². The molecule has 3 aromatic carbocycles. The lowest BCUT2D eigenvalue weighted by molar-refractivity contribution is 0.883. The standard InChI is InChI=1S/C20H16/c1-15-14-20(15,18-9-3-2-4-10-18)19-12-11-16-7-5-6-8-17(16)13-19/h2-13H,1,14H2/t20-/m0/s1. The molecule has 20 heavy (non-hydrogen) atoms. The Hall–Kier alpha value is -2.34. The van der Waals surface area contributed by atoms with Gasteiger partial charge in [0.05, 0.1) is 0 Å². The average Bonchev–Trinajstić information content (AvgIpc) is 3.20. The predicted molar refractivity (Wildman–Crippen MR) is 84.9 cm³/mol. The van der Waals surface area contributed by atoms with Crippen molar-refractivity contribution in [3.05, 3.63) is 96.1 Å². The molecule has 0 aliphatic heterocycles. The summed E-state index contributed by atoms with van der Waals surface area (Å²) in [6, 6.07) is 26.1. The SMILES string of the molecule is C=C1C[C@]1(c1ccccc1)c1ccc2ccccc2c1. The number of fused-ring (bicyclic) bond motifs is 1. The molecule has 0 spiro atoms. The van der Waals surface area contributed by atoms with Crippen LogP contribution < -0.4 is 0 Å². The summed E-state index contributed by atoms with van der Waals surface area (Å²) in [5.74, 6) is 0. The van der Waals surface area contributed by atoms with E-state index in [2.05, 4.69) is 79.4 Å². The first-order valence-corrected chi connectivity index (χ1v) is 7.04. The molecule has 3 aromatic rings. The molecule has 0 saturated heterocycles.